The predicted molar refractivity (Wildman–Crippen MR) is 86.2 cm³/mol. The van der Waals surface area contributed by atoms with Gasteiger partial charge in [0, 0.05) is 17.7 Å². The van der Waals surface area contributed by atoms with Crippen LogP contribution in [0.4, 0.5) is 0 Å². The molecular formula is C15H14N2O3S2. The van der Waals surface area contributed by atoms with Crippen LogP contribution in [-0.2, 0) is 9.59 Å². The minimum atomic E-state index is -0.970. The lowest BCUT2D eigenvalue weighted by Gasteiger charge is -2.20. The molecule has 0 aromatic carbocycles. The number of amides is 1. The molecule has 22 heavy (non-hydrogen) atoms. The van der Waals surface area contributed by atoms with Crippen LogP contribution in [0.25, 0.3) is 0 Å². The number of hydrogen-bond acceptors (Lipinski definition) is 5. The van der Waals surface area contributed by atoms with Crippen molar-refractivity contribution in [1.29, 1.82) is 0 Å². The van der Waals surface area contributed by atoms with Crippen LogP contribution in [0.3, 0.4) is 0 Å². The monoisotopic (exact) mass is 334 g/mol. The maximum atomic E-state index is 12.3. The molecule has 0 fully saturated rings. The molecular weight excluding hydrogens is 320 g/mol. The fourth-order valence-electron chi connectivity index (χ4n) is 2.36. The smallest absolute Gasteiger partial charge is 0.303 e. The molecule has 3 rings (SSSR count). The highest BCUT2D eigenvalue weighted by atomic mass is 32.1. The van der Waals surface area contributed by atoms with E-state index in [0.29, 0.717) is 6.42 Å². The van der Waals surface area contributed by atoms with Crippen LogP contribution in [0.15, 0.2) is 40.1 Å². The molecule has 0 saturated heterocycles. The Hall–Kier alpha value is -1.99. The summed E-state index contributed by atoms with van der Waals surface area (Å²) in [5.74, 6) is -1.21. The lowest BCUT2D eigenvalue weighted by molar-refractivity contribution is -0.141. The van der Waals surface area contributed by atoms with Crippen LogP contribution in [0, 0.1) is 0 Å². The zero-order valence-corrected chi connectivity index (χ0v) is 13.3. The molecule has 2 aromatic heterocycles. The number of carboxylic acid groups (broad SMARTS) is 1. The summed E-state index contributed by atoms with van der Waals surface area (Å²) in [6, 6.07) is 7.75. The number of carbonyl (C=O) groups excluding carboxylic acids is 1. The van der Waals surface area contributed by atoms with Crippen molar-refractivity contribution in [3.8, 4) is 0 Å². The first-order chi connectivity index (χ1) is 10.6. The van der Waals surface area contributed by atoms with E-state index < -0.39 is 5.97 Å². The maximum absolute atomic E-state index is 12.3. The van der Waals surface area contributed by atoms with Crippen molar-refractivity contribution in [2.75, 3.05) is 0 Å². The Balaban J connectivity index is 1.84. The summed E-state index contributed by atoms with van der Waals surface area (Å²) >= 11 is 3.18. The Morgan fingerprint density at radius 3 is 2.64 bits per heavy atom. The SMILES string of the molecule is O=C(O)CCC(=O)N1N=C(c2cccs2)CC1c1cccs1. The molecule has 0 spiro atoms. The number of nitrogens with zero attached hydrogens (tertiary/aromatic N) is 2. The summed E-state index contributed by atoms with van der Waals surface area (Å²) in [5.41, 5.74) is 0.886. The lowest BCUT2D eigenvalue weighted by Crippen LogP contribution is -2.26. The quantitative estimate of drug-likeness (QED) is 0.911. The van der Waals surface area contributed by atoms with E-state index in [1.807, 2.05) is 35.0 Å². The van der Waals surface area contributed by atoms with Crippen molar-refractivity contribution in [1.82, 2.24) is 5.01 Å². The Bertz CT molecular complexity index is 692. The van der Waals surface area contributed by atoms with Gasteiger partial charge >= 0.3 is 5.97 Å². The van der Waals surface area contributed by atoms with Crippen LogP contribution >= 0.6 is 22.7 Å². The van der Waals surface area contributed by atoms with Gasteiger partial charge in [0.2, 0.25) is 5.91 Å². The van der Waals surface area contributed by atoms with Crippen LogP contribution in [0.2, 0.25) is 0 Å². The standard InChI is InChI=1S/C15H14N2O3S2/c18-14(5-6-15(19)20)17-11(13-4-2-8-22-13)9-10(16-17)12-3-1-7-21-12/h1-4,7-8,11H,5-6,9H2,(H,19,20). The summed E-state index contributed by atoms with van der Waals surface area (Å²) in [7, 11) is 0. The second-order valence-corrected chi connectivity index (χ2v) is 6.82. The molecule has 1 amide bonds. The van der Waals surface area contributed by atoms with Gasteiger partial charge in [-0.3, -0.25) is 9.59 Å². The number of aliphatic carboxylic acids is 1. The molecule has 1 atom stereocenters. The predicted octanol–water partition coefficient (Wildman–Crippen LogP) is 3.35. The van der Waals surface area contributed by atoms with Crippen molar-refractivity contribution < 1.29 is 14.7 Å². The van der Waals surface area contributed by atoms with Gasteiger partial charge in [-0.1, -0.05) is 12.1 Å². The first-order valence-electron chi connectivity index (χ1n) is 6.84. The fraction of sp³-hybridized carbons (Fsp3) is 0.267. The summed E-state index contributed by atoms with van der Waals surface area (Å²) < 4.78 is 0. The average Bonchev–Trinajstić information content (AvgIpc) is 3.23. The number of thiophene rings is 2. The molecule has 114 valence electrons. The second-order valence-electron chi connectivity index (χ2n) is 4.89. The van der Waals surface area contributed by atoms with Gasteiger partial charge in [0.15, 0.2) is 0 Å². The van der Waals surface area contributed by atoms with E-state index in [-0.39, 0.29) is 24.8 Å². The molecule has 1 aliphatic rings. The van der Waals surface area contributed by atoms with Gasteiger partial charge < -0.3 is 5.11 Å². The number of hydrogen-bond donors (Lipinski definition) is 1. The van der Waals surface area contributed by atoms with Crippen LogP contribution in [0.5, 0.6) is 0 Å². The highest BCUT2D eigenvalue weighted by Crippen LogP contribution is 2.36. The number of carboxylic acids is 1. The third-order valence-corrected chi connectivity index (χ3v) is 5.29. The van der Waals surface area contributed by atoms with Crippen molar-refractivity contribution in [2.24, 2.45) is 5.10 Å². The molecule has 1 unspecified atom stereocenters. The minimum Gasteiger partial charge on any atom is -0.481 e. The highest BCUT2D eigenvalue weighted by Gasteiger charge is 2.33. The normalized spacial score (nSPS) is 17.5. The summed E-state index contributed by atoms with van der Waals surface area (Å²) in [6.45, 7) is 0. The topological polar surface area (TPSA) is 70.0 Å². The van der Waals surface area contributed by atoms with Crippen LogP contribution < -0.4 is 0 Å². The van der Waals surface area contributed by atoms with E-state index in [2.05, 4.69) is 5.10 Å². The number of carbonyl (C=O) groups is 2. The number of hydrazone groups is 1. The Labute approximate surface area is 135 Å². The van der Waals surface area contributed by atoms with Gasteiger partial charge in [-0.05, 0) is 22.9 Å². The minimum absolute atomic E-state index is 0.0293. The number of rotatable bonds is 5. The van der Waals surface area contributed by atoms with Crippen molar-refractivity contribution in [2.45, 2.75) is 25.3 Å². The van der Waals surface area contributed by atoms with Crippen molar-refractivity contribution >= 4 is 40.3 Å². The summed E-state index contributed by atoms with van der Waals surface area (Å²) in [5, 5.41) is 18.6. The van der Waals surface area contributed by atoms with Gasteiger partial charge in [-0.15, -0.1) is 22.7 Å². The Morgan fingerprint density at radius 2 is 2.00 bits per heavy atom. The third kappa shape index (κ3) is 3.10. The highest BCUT2D eigenvalue weighted by molar-refractivity contribution is 7.12. The Kier molecular flexibility index (Phi) is 4.35. The van der Waals surface area contributed by atoms with Crippen molar-refractivity contribution in [3.05, 3.63) is 44.8 Å². The zero-order valence-electron chi connectivity index (χ0n) is 11.6. The van der Waals surface area contributed by atoms with Gasteiger partial charge in [-0.25, -0.2) is 5.01 Å². The molecule has 3 heterocycles. The molecule has 0 saturated carbocycles. The fourth-order valence-corrected chi connectivity index (χ4v) is 3.90. The largest absolute Gasteiger partial charge is 0.481 e. The van der Waals surface area contributed by atoms with E-state index in [1.165, 1.54) is 5.01 Å². The second kappa shape index (κ2) is 6.41. The molecule has 1 N–H and O–H groups in total. The van der Waals surface area contributed by atoms with E-state index in [9.17, 15) is 9.59 Å². The third-order valence-electron chi connectivity index (χ3n) is 3.40. The summed E-state index contributed by atoms with van der Waals surface area (Å²) in [6.07, 6.45) is 0.467. The van der Waals surface area contributed by atoms with Crippen LogP contribution in [-0.4, -0.2) is 27.7 Å². The first-order valence-corrected chi connectivity index (χ1v) is 8.59. The van der Waals surface area contributed by atoms with Gasteiger partial charge in [0.05, 0.1) is 23.1 Å². The lowest BCUT2D eigenvalue weighted by atomic mass is 10.1. The zero-order chi connectivity index (χ0) is 15.5. The maximum Gasteiger partial charge on any atom is 0.303 e. The van der Waals surface area contributed by atoms with E-state index >= 15 is 0 Å². The van der Waals surface area contributed by atoms with Gasteiger partial charge in [0.1, 0.15) is 0 Å². The summed E-state index contributed by atoms with van der Waals surface area (Å²) in [4.78, 5) is 25.1. The van der Waals surface area contributed by atoms with E-state index in [1.54, 1.807) is 22.7 Å². The molecule has 5 nitrogen and oxygen atoms in total. The molecule has 1 aliphatic heterocycles. The molecule has 2 aromatic rings. The van der Waals surface area contributed by atoms with E-state index in [0.717, 1.165) is 15.5 Å². The Morgan fingerprint density at radius 1 is 1.23 bits per heavy atom. The molecule has 0 radical (unpaired) electrons. The molecule has 0 aliphatic carbocycles. The first kappa shape index (κ1) is 14.9. The molecule has 7 heteroatoms. The van der Waals surface area contributed by atoms with Gasteiger partial charge in [-0.2, -0.15) is 5.10 Å². The van der Waals surface area contributed by atoms with Crippen molar-refractivity contribution in [3.63, 3.8) is 0 Å². The molecule has 0 bridgehead atoms. The van der Waals surface area contributed by atoms with Crippen LogP contribution in [0.1, 0.15) is 35.1 Å². The van der Waals surface area contributed by atoms with E-state index in [4.69, 9.17) is 5.11 Å². The average molecular weight is 334 g/mol. The van der Waals surface area contributed by atoms with Gasteiger partial charge in [0.25, 0.3) is 0 Å².